The van der Waals surface area contributed by atoms with Gasteiger partial charge >= 0.3 is 0 Å². The van der Waals surface area contributed by atoms with Gasteiger partial charge in [-0.25, -0.2) is 0 Å². The molecule has 66 valence electrons. The molecule has 11 heavy (non-hydrogen) atoms. The van der Waals surface area contributed by atoms with Gasteiger partial charge in [0.05, 0.1) is 0 Å². The van der Waals surface area contributed by atoms with Crippen molar-refractivity contribution in [1.82, 2.24) is 4.90 Å². The van der Waals surface area contributed by atoms with Crippen molar-refractivity contribution >= 4 is 0 Å². The van der Waals surface area contributed by atoms with Crippen LogP contribution in [0, 0.1) is 11.3 Å². The van der Waals surface area contributed by atoms with Crippen LogP contribution in [0.2, 0.25) is 0 Å². The third kappa shape index (κ3) is 2.46. The van der Waals surface area contributed by atoms with E-state index in [4.69, 9.17) is 5.11 Å². The van der Waals surface area contributed by atoms with Crippen molar-refractivity contribution in [3.63, 3.8) is 0 Å². The van der Waals surface area contributed by atoms with Gasteiger partial charge in [0.1, 0.15) is 0 Å². The van der Waals surface area contributed by atoms with Crippen LogP contribution in [0.1, 0.15) is 20.8 Å². The van der Waals surface area contributed by atoms with Crippen LogP contribution in [0.25, 0.3) is 0 Å². The van der Waals surface area contributed by atoms with Crippen molar-refractivity contribution in [2.45, 2.75) is 20.8 Å². The van der Waals surface area contributed by atoms with Crippen LogP contribution in [0.5, 0.6) is 0 Å². The molecule has 0 radical (unpaired) electrons. The minimum Gasteiger partial charge on any atom is -0.396 e. The van der Waals surface area contributed by atoms with Crippen LogP contribution < -0.4 is 0 Å². The fraction of sp³-hybridized carbons (Fsp3) is 1.00. The lowest BCUT2D eigenvalue weighted by Gasteiger charge is -2.41. The van der Waals surface area contributed by atoms with Gasteiger partial charge in [-0.1, -0.05) is 20.8 Å². The first-order valence-electron chi connectivity index (χ1n) is 4.37. The molecule has 0 atom stereocenters. The highest BCUT2D eigenvalue weighted by Gasteiger charge is 2.28. The Kier molecular flexibility index (Phi) is 2.55. The molecule has 2 nitrogen and oxygen atoms in total. The summed E-state index contributed by atoms with van der Waals surface area (Å²) in [6, 6.07) is 0. The van der Waals surface area contributed by atoms with Gasteiger partial charge in [0.25, 0.3) is 0 Å². The molecule has 1 N–H and O–H groups in total. The lowest BCUT2D eigenvalue weighted by atomic mass is 9.91. The van der Waals surface area contributed by atoms with E-state index in [0.29, 0.717) is 0 Å². The average Bonchev–Trinajstić information content (AvgIpc) is 1.84. The van der Waals surface area contributed by atoms with Crippen LogP contribution in [0.15, 0.2) is 0 Å². The molecular weight excluding hydrogens is 138 g/mol. The van der Waals surface area contributed by atoms with Gasteiger partial charge < -0.3 is 10.0 Å². The first-order chi connectivity index (χ1) is 5.03. The standard InChI is InChI=1S/C9H19NO/c1-8-4-10(5-8)6-9(2,3)7-11/h8,11H,4-7H2,1-3H3. The number of aliphatic hydroxyl groups is 1. The molecular formula is C9H19NO. The van der Waals surface area contributed by atoms with Crippen molar-refractivity contribution in [3.05, 3.63) is 0 Å². The Labute approximate surface area is 69.2 Å². The number of aliphatic hydroxyl groups excluding tert-OH is 1. The number of rotatable bonds is 3. The Hall–Kier alpha value is -0.0800. The minimum absolute atomic E-state index is 0.0835. The van der Waals surface area contributed by atoms with Gasteiger partial charge in [0, 0.05) is 31.7 Å². The molecule has 0 aromatic heterocycles. The normalized spacial score (nSPS) is 21.8. The molecule has 0 bridgehead atoms. The van der Waals surface area contributed by atoms with Crippen LogP contribution in [0.4, 0.5) is 0 Å². The summed E-state index contributed by atoms with van der Waals surface area (Å²) in [7, 11) is 0. The van der Waals surface area contributed by atoms with E-state index in [0.717, 1.165) is 12.5 Å². The highest BCUT2D eigenvalue weighted by Crippen LogP contribution is 2.22. The molecule has 1 heterocycles. The van der Waals surface area contributed by atoms with E-state index in [1.165, 1.54) is 13.1 Å². The van der Waals surface area contributed by atoms with E-state index >= 15 is 0 Å². The summed E-state index contributed by atoms with van der Waals surface area (Å²) in [5.74, 6) is 0.865. The van der Waals surface area contributed by atoms with Crippen molar-refractivity contribution in [2.24, 2.45) is 11.3 Å². The molecule has 1 aliphatic heterocycles. The highest BCUT2D eigenvalue weighted by molar-refractivity contribution is 4.81. The van der Waals surface area contributed by atoms with Gasteiger partial charge in [0.15, 0.2) is 0 Å². The maximum absolute atomic E-state index is 9.00. The molecule has 1 fully saturated rings. The number of nitrogens with zero attached hydrogens (tertiary/aromatic N) is 1. The Morgan fingerprint density at radius 2 is 2.00 bits per heavy atom. The lowest BCUT2D eigenvalue weighted by molar-refractivity contribution is 0.0400. The summed E-state index contributed by atoms with van der Waals surface area (Å²) in [5, 5.41) is 9.00. The monoisotopic (exact) mass is 157 g/mol. The summed E-state index contributed by atoms with van der Waals surface area (Å²) in [5.41, 5.74) is 0.0835. The molecule has 1 aliphatic rings. The molecule has 0 spiro atoms. The van der Waals surface area contributed by atoms with Crippen molar-refractivity contribution in [2.75, 3.05) is 26.2 Å². The molecule has 0 aromatic carbocycles. The summed E-state index contributed by atoms with van der Waals surface area (Å²) in [6.45, 7) is 10.2. The van der Waals surface area contributed by atoms with Gasteiger partial charge in [-0.15, -0.1) is 0 Å². The SMILES string of the molecule is CC1CN(CC(C)(C)CO)C1. The van der Waals surface area contributed by atoms with Crippen LogP contribution in [0.3, 0.4) is 0 Å². The molecule has 0 amide bonds. The fourth-order valence-electron chi connectivity index (χ4n) is 1.61. The van der Waals surface area contributed by atoms with Crippen molar-refractivity contribution in [3.8, 4) is 0 Å². The van der Waals surface area contributed by atoms with Crippen molar-refractivity contribution < 1.29 is 5.11 Å². The molecule has 0 saturated carbocycles. The summed E-state index contributed by atoms with van der Waals surface area (Å²) < 4.78 is 0. The third-order valence-corrected chi connectivity index (χ3v) is 2.22. The zero-order valence-corrected chi connectivity index (χ0v) is 7.80. The maximum atomic E-state index is 9.00. The third-order valence-electron chi connectivity index (χ3n) is 2.22. The van der Waals surface area contributed by atoms with E-state index in [2.05, 4.69) is 25.7 Å². The van der Waals surface area contributed by atoms with Gasteiger partial charge in [-0.05, 0) is 5.92 Å². The molecule has 2 heteroatoms. The molecule has 0 aromatic rings. The topological polar surface area (TPSA) is 23.5 Å². The number of hydrogen-bond acceptors (Lipinski definition) is 2. The van der Waals surface area contributed by atoms with E-state index in [1.807, 2.05) is 0 Å². The Balaban J connectivity index is 2.21. The van der Waals surface area contributed by atoms with Crippen molar-refractivity contribution in [1.29, 1.82) is 0 Å². The summed E-state index contributed by atoms with van der Waals surface area (Å²) in [4.78, 5) is 2.40. The Morgan fingerprint density at radius 1 is 1.45 bits per heavy atom. The molecule has 1 rings (SSSR count). The second kappa shape index (κ2) is 3.11. The minimum atomic E-state index is 0.0835. The predicted molar refractivity (Wildman–Crippen MR) is 46.5 cm³/mol. The number of hydrogen-bond donors (Lipinski definition) is 1. The molecule has 0 aliphatic carbocycles. The zero-order valence-electron chi connectivity index (χ0n) is 7.80. The first-order valence-corrected chi connectivity index (χ1v) is 4.37. The van der Waals surface area contributed by atoms with Gasteiger partial charge in [-0.2, -0.15) is 0 Å². The molecule has 1 saturated heterocycles. The van der Waals surface area contributed by atoms with Crippen LogP contribution in [-0.2, 0) is 0 Å². The van der Waals surface area contributed by atoms with Gasteiger partial charge in [0.2, 0.25) is 0 Å². The zero-order chi connectivity index (χ0) is 8.48. The fourth-order valence-corrected chi connectivity index (χ4v) is 1.61. The summed E-state index contributed by atoms with van der Waals surface area (Å²) >= 11 is 0. The predicted octanol–water partition coefficient (Wildman–Crippen LogP) is 0.957. The maximum Gasteiger partial charge on any atom is 0.0494 e. The highest BCUT2D eigenvalue weighted by atomic mass is 16.3. The first kappa shape index (κ1) is 9.01. The largest absolute Gasteiger partial charge is 0.396 e. The Morgan fingerprint density at radius 3 is 2.36 bits per heavy atom. The Bertz CT molecular complexity index is 128. The van der Waals surface area contributed by atoms with E-state index in [9.17, 15) is 0 Å². The lowest BCUT2D eigenvalue weighted by Crippen LogP contribution is -2.49. The summed E-state index contributed by atoms with van der Waals surface area (Å²) in [6.07, 6.45) is 0. The quantitative estimate of drug-likeness (QED) is 0.659. The van der Waals surface area contributed by atoms with Crippen LogP contribution in [-0.4, -0.2) is 36.2 Å². The second-order valence-corrected chi connectivity index (χ2v) is 4.62. The smallest absolute Gasteiger partial charge is 0.0494 e. The van der Waals surface area contributed by atoms with E-state index in [-0.39, 0.29) is 12.0 Å². The van der Waals surface area contributed by atoms with E-state index < -0.39 is 0 Å². The number of likely N-dealkylation sites (tertiary alicyclic amines) is 1. The van der Waals surface area contributed by atoms with Gasteiger partial charge in [-0.3, -0.25) is 0 Å². The average molecular weight is 157 g/mol. The van der Waals surface area contributed by atoms with Crippen LogP contribution >= 0.6 is 0 Å². The molecule has 0 unspecified atom stereocenters. The second-order valence-electron chi connectivity index (χ2n) is 4.62. The van der Waals surface area contributed by atoms with E-state index in [1.54, 1.807) is 0 Å².